The molecule has 80 valence electrons. The SMILES string of the molecule is Cc1nc(C(C)C)sc1-c1nnc(N)s1. The first-order valence-corrected chi connectivity index (χ1v) is 6.28. The molecule has 0 saturated heterocycles. The topological polar surface area (TPSA) is 64.7 Å². The molecule has 2 heterocycles. The van der Waals surface area contributed by atoms with Gasteiger partial charge in [0.15, 0.2) is 5.01 Å². The maximum Gasteiger partial charge on any atom is 0.203 e. The lowest BCUT2D eigenvalue weighted by molar-refractivity contribution is 0.847. The van der Waals surface area contributed by atoms with Crippen LogP contribution in [0.2, 0.25) is 0 Å². The Bertz CT molecular complexity index is 472. The van der Waals surface area contributed by atoms with E-state index in [0.29, 0.717) is 11.0 Å². The fourth-order valence-corrected chi connectivity index (χ4v) is 2.99. The van der Waals surface area contributed by atoms with E-state index in [9.17, 15) is 0 Å². The maximum absolute atomic E-state index is 5.56. The Morgan fingerprint density at radius 3 is 2.40 bits per heavy atom. The predicted molar refractivity (Wildman–Crippen MR) is 64.3 cm³/mol. The first-order valence-electron chi connectivity index (χ1n) is 4.64. The number of nitrogens with two attached hydrogens (primary N) is 1. The smallest absolute Gasteiger partial charge is 0.203 e. The average molecular weight is 240 g/mol. The number of hydrogen-bond donors (Lipinski definition) is 1. The van der Waals surface area contributed by atoms with Crippen molar-refractivity contribution in [2.75, 3.05) is 5.73 Å². The van der Waals surface area contributed by atoms with Crippen LogP contribution in [-0.4, -0.2) is 15.2 Å². The van der Waals surface area contributed by atoms with E-state index >= 15 is 0 Å². The Labute approximate surface area is 96.2 Å². The van der Waals surface area contributed by atoms with Crippen LogP contribution in [0.25, 0.3) is 9.88 Å². The summed E-state index contributed by atoms with van der Waals surface area (Å²) in [4.78, 5) is 5.60. The van der Waals surface area contributed by atoms with E-state index in [1.165, 1.54) is 11.3 Å². The lowest BCUT2D eigenvalue weighted by Crippen LogP contribution is -1.84. The third-order valence-electron chi connectivity index (χ3n) is 1.94. The Balaban J connectivity index is 2.44. The molecule has 0 aliphatic rings. The molecule has 0 aliphatic carbocycles. The van der Waals surface area contributed by atoms with E-state index in [1.54, 1.807) is 11.3 Å². The molecule has 0 radical (unpaired) electrons. The van der Waals surface area contributed by atoms with Crippen molar-refractivity contribution >= 4 is 27.8 Å². The number of thiazole rings is 1. The van der Waals surface area contributed by atoms with Crippen LogP contribution >= 0.6 is 22.7 Å². The third kappa shape index (κ3) is 2.00. The quantitative estimate of drug-likeness (QED) is 0.876. The van der Waals surface area contributed by atoms with Gasteiger partial charge in [-0.25, -0.2) is 4.98 Å². The van der Waals surface area contributed by atoms with E-state index in [-0.39, 0.29) is 0 Å². The van der Waals surface area contributed by atoms with Gasteiger partial charge in [-0.2, -0.15) is 0 Å². The number of aryl methyl sites for hydroxylation is 1. The molecule has 2 aromatic heterocycles. The van der Waals surface area contributed by atoms with Crippen LogP contribution in [0.15, 0.2) is 0 Å². The first kappa shape index (κ1) is 10.5. The van der Waals surface area contributed by atoms with E-state index in [1.807, 2.05) is 6.92 Å². The van der Waals surface area contributed by atoms with E-state index in [2.05, 4.69) is 29.0 Å². The van der Waals surface area contributed by atoms with Crippen molar-refractivity contribution in [1.82, 2.24) is 15.2 Å². The molecular weight excluding hydrogens is 228 g/mol. The largest absolute Gasteiger partial charge is 0.374 e. The van der Waals surface area contributed by atoms with Crippen LogP contribution in [0, 0.1) is 6.92 Å². The number of nitrogens with zero attached hydrogens (tertiary/aromatic N) is 3. The van der Waals surface area contributed by atoms with Crippen molar-refractivity contribution in [1.29, 1.82) is 0 Å². The highest BCUT2D eigenvalue weighted by Crippen LogP contribution is 2.35. The molecule has 0 unspecified atom stereocenters. The molecular formula is C9H12N4S2. The van der Waals surface area contributed by atoms with Crippen molar-refractivity contribution in [3.8, 4) is 9.88 Å². The summed E-state index contributed by atoms with van der Waals surface area (Å²) in [6, 6.07) is 0. The van der Waals surface area contributed by atoms with E-state index in [4.69, 9.17) is 5.73 Å². The highest BCUT2D eigenvalue weighted by atomic mass is 32.1. The Morgan fingerprint density at radius 2 is 1.93 bits per heavy atom. The fourth-order valence-electron chi connectivity index (χ4n) is 1.19. The fraction of sp³-hybridized carbons (Fsp3) is 0.444. The third-order valence-corrected chi connectivity index (χ3v) is 4.31. The minimum Gasteiger partial charge on any atom is -0.374 e. The summed E-state index contributed by atoms with van der Waals surface area (Å²) in [5.41, 5.74) is 6.58. The summed E-state index contributed by atoms with van der Waals surface area (Å²) >= 11 is 3.08. The summed E-state index contributed by atoms with van der Waals surface area (Å²) in [5.74, 6) is 0.452. The molecule has 0 fully saturated rings. The van der Waals surface area contributed by atoms with Crippen LogP contribution in [0.3, 0.4) is 0 Å². The Hall–Kier alpha value is -1.01. The molecule has 0 aliphatic heterocycles. The van der Waals surface area contributed by atoms with Crippen molar-refractivity contribution in [3.05, 3.63) is 10.7 Å². The summed E-state index contributed by atoms with van der Waals surface area (Å²) in [7, 11) is 0. The number of hydrogen-bond acceptors (Lipinski definition) is 6. The van der Waals surface area contributed by atoms with Crippen molar-refractivity contribution < 1.29 is 0 Å². The predicted octanol–water partition coefficient (Wildman–Crippen LogP) is 2.68. The molecule has 2 N–H and O–H groups in total. The molecule has 0 bridgehead atoms. The second-order valence-electron chi connectivity index (χ2n) is 3.57. The molecule has 4 nitrogen and oxygen atoms in total. The van der Waals surface area contributed by atoms with Gasteiger partial charge in [0, 0.05) is 5.92 Å². The van der Waals surface area contributed by atoms with Gasteiger partial charge in [0.2, 0.25) is 5.13 Å². The van der Waals surface area contributed by atoms with Gasteiger partial charge in [0.05, 0.1) is 15.6 Å². The summed E-state index contributed by atoms with van der Waals surface area (Å²) in [5, 5.41) is 10.4. The standard InChI is InChI=1S/C9H12N4S2/c1-4(2)7-11-5(3)6(14-7)8-12-13-9(10)15-8/h4H,1-3H3,(H2,10,13). The van der Waals surface area contributed by atoms with Crippen LogP contribution in [0.1, 0.15) is 30.5 Å². The monoisotopic (exact) mass is 240 g/mol. The molecule has 2 rings (SSSR count). The van der Waals surface area contributed by atoms with Crippen LogP contribution < -0.4 is 5.73 Å². The van der Waals surface area contributed by atoms with Crippen LogP contribution in [0.4, 0.5) is 5.13 Å². The molecule has 0 aromatic carbocycles. The van der Waals surface area contributed by atoms with Crippen molar-refractivity contribution in [2.45, 2.75) is 26.7 Å². The van der Waals surface area contributed by atoms with Gasteiger partial charge in [0.1, 0.15) is 0 Å². The average Bonchev–Trinajstić information content (AvgIpc) is 2.71. The van der Waals surface area contributed by atoms with E-state index < -0.39 is 0 Å². The summed E-state index contributed by atoms with van der Waals surface area (Å²) < 4.78 is 0. The molecule has 6 heteroatoms. The number of aromatic nitrogens is 3. The maximum atomic E-state index is 5.56. The molecule has 0 amide bonds. The second-order valence-corrected chi connectivity index (χ2v) is 5.61. The zero-order valence-corrected chi connectivity index (χ0v) is 10.4. The van der Waals surface area contributed by atoms with Gasteiger partial charge >= 0.3 is 0 Å². The Kier molecular flexibility index (Phi) is 2.70. The minimum absolute atomic E-state index is 0.452. The van der Waals surface area contributed by atoms with Crippen LogP contribution in [-0.2, 0) is 0 Å². The second kappa shape index (κ2) is 3.86. The molecule has 0 atom stereocenters. The lowest BCUT2D eigenvalue weighted by Gasteiger charge is -1.94. The number of anilines is 1. The van der Waals surface area contributed by atoms with Crippen molar-refractivity contribution in [2.24, 2.45) is 0 Å². The van der Waals surface area contributed by atoms with E-state index in [0.717, 1.165) is 20.6 Å². The number of nitrogen functional groups attached to an aromatic ring is 1. The van der Waals surface area contributed by atoms with Gasteiger partial charge < -0.3 is 5.73 Å². The van der Waals surface area contributed by atoms with Gasteiger partial charge in [0.25, 0.3) is 0 Å². The van der Waals surface area contributed by atoms with Gasteiger partial charge in [-0.05, 0) is 6.92 Å². The summed E-state index contributed by atoms with van der Waals surface area (Å²) in [6.07, 6.45) is 0. The van der Waals surface area contributed by atoms with Crippen LogP contribution in [0.5, 0.6) is 0 Å². The zero-order chi connectivity index (χ0) is 11.0. The first-order chi connectivity index (χ1) is 7.08. The van der Waals surface area contributed by atoms with Gasteiger partial charge in [-0.15, -0.1) is 21.5 Å². The normalized spacial score (nSPS) is 11.2. The molecule has 0 spiro atoms. The molecule has 0 saturated carbocycles. The Morgan fingerprint density at radius 1 is 1.20 bits per heavy atom. The zero-order valence-electron chi connectivity index (χ0n) is 8.81. The van der Waals surface area contributed by atoms with Crippen molar-refractivity contribution in [3.63, 3.8) is 0 Å². The highest BCUT2D eigenvalue weighted by molar-refractivity contribution is 7.23. The lowest BCUT2D eigenvalue weighted by atomic mass is 10.2. The highest BCUT2D eigenvalue weighted by Gasteiger charge is 2.15. The minimum atomic E-state index is 0.452. The molecule has 2 aromatic rings. The van der Waals surface area contributed by atoms with Gasteiger partial charge in [-0.1, -0.05) is 25.2 Å². The summed E-state index contributed by atoms with van der Waals surface area (Å²) in [6.45, 7) is 6.27. The number of rotatable bonds is 2. The molecule has 15 heavy (non-hydrogen) atoms. The van der Waals surface area contributed by atoms with Gasteiger partial charge in [-0.3, -0.25) is 0 Å².